The summed E-state index contributed by atoms with van der Waals surface area (Å²) in [6.45, 7) is 2.87. The van der Waals surface area contributed by atoms with Crippen LogP contribution >= 0.6 is 23.6 Å². The molecule has 0 bridgehead atoms. The Bertz CT molecular complexity index is 762. The molecule has 0 fully saturated rings. The summed E-state index contributed by atoms with van der Waals surface area (Å²) in [7, 11) is 0. The fourth-order valence-corrected chi connectivity index (χ4v) is 3.15. The van der Waals surface area contributed by atoms with Crippen molar-refractivity contribution >= 4 is 40.5 Å². The van der Waals surface area contributed by atoms with Crippen molar-refractivity contribution in [2.75, 3.05) is 6.61 Å². The number of benzene rings is 1. The Morgan fingerprint density at radius 3 is 2.43 bits per heavy atom. The molecule has 2 aromatic rings. The molecule has 0 aliphatic rings. The number of ether oxygens (including phenoxy) is 1. The van der Waals surface area contributed by atoms with E-state index in [1.165, 1.54) is 37.0 Å². The van der Waals surface area contributed by atoms with E-state index in [1.807, 2.05) is 0 Å². The minimum atomic E-state index is -0.367. The zero-order valence-electron chi connectivity index (χ0n) is 15.8. The lowest BCUT2D eigenvalue weighted by Gasteiger charge is -2.11. The van der Waals surface area contributed by atoms with E-state index >= 15 is 0 Å². The van der Waals surface area contributed by atoms with Gasteiger partial charge >= 0.3 is 0 Å². The topological polar surface area (TPSA) is 79.5 Å². The van der Waals surface area contributed by atoms with Gasteiger partial charge in [-0.05, 0) is 54.4 Å². The molecule has 0 radical (unpaired) electrons. The van der Waals surface area contributed by atoms with Crippen molar-refractivity contribution < 1.29 is 14.3 Å². The van der Waals surface area contributed by atoms with E-state index in [0.717, 1.165) is 12.2 Å². The first-order valence-corrected chi connectivity index (χ1v) is 10.6. The zero-order chi connectivity index (χ0) is 20.2. The summed E-state index contributed by atoms with van der Waals surface area (Å²) in [6, 6.07) is 10.3. The molecule has 2 amide bonds. The number of carbonyl (C=O) groups is 2. The van der Waals surface area contributed by atoms with Crippen LogP contribution in [0.5, 0.6) is 5.75 Å². The molecule has 0 aliphatic carbocycles. The van der Waals surface area contributed by atoms with E-state index in [0.29, 0.717) is 17.0 Å². The van der Waals surface area contributed by atoms with E-state index in [2.05, 4.69) is 23.1 Å². The quantitative estimate of drug-likeness (QED) is 0.325. The fraction of sp³-hybridized carbons (Fsp3) is 0.350. The molecular weight excluding hydrogens is 394 g/mol. The minimum absolute atomic E-state index is 0.0160. The molecule has 0 saturated carbocycles. The van der Waals surface area contributed by atoms with Crippen LogP contribution in [0.2, 0.25) is 0 Å². The Kier molecular flexibility index (Phi) is 9.44. The third-order valence-corrected chi connectivity index (χ3v) is 4.97. The second-order valence-corrected chi connectivity index (χ2v) is 7.48. The first-order valence-electron chi connectivity index (χ1n) is 9.28. The van der Waals surface area contributed by atoms with Gasteiger partial charge in [-0.3, -0.25) is 25.8 Å². The minimum Gasteiger partial charge on any atom is -0.494 e. The Hall–Kier alpha value is -2.45. The number of hydrazine groups is 1. The van der Waals surface area contributed by atoms with Gasteiger partial charge in [0.05, 0.1) is 11.5 Å². The molecule has 0 saturated heterocycles. The monoisotopic (exact) mass is 419 g/mol. The number of nitrogens with one attached hydrogen (secondary N) is 3. The maximum atomic E-state index is 12.2. The molecule has 0 spiro atoms. The van der Waals surface area contributed by atoms with Gasteiger partial charge in [-0.2, -0.15) is 0 Å². The maximum Gasteiger partial charge on any atom is 0.279 e. The van der Waals surface area contributed by atoms with Gasteiger partial charge in [-0.1, -0.05) is 38.7 Å². The van der Waals surface area contributed by atoms with Crippen LogP contribution in [-0.2, 0) is 0 Å². The van der Waals surface area contributed by atoms with Crippen LogP contribution < -0.4 is 20.9 Å². The molecule has 6 nitrogen and oxygen atoms in total. The number of rotatable bonds is 9. The summed E-state index contributed by atoms with van der Waals surface area (Å²) < 4.78 is 5.69. The largest absolute Gasteiger partial charge is 0.494 e. The van der Waals surface area contributed by atoms with Crippen molar-refractivity contribution in [1.29, 1.82) is 0 Å². The highest BCUT2D eigenvalue weighted by molar-refractivity contribution is 7.80. The van der Waals surface area contributed by atoms with Crippen LogP contribution in [0.25, 0.3) is 0 Å². The zero-order valence-corrected chi connectivity index (χ0v) is 17.5. The lowest BCUT2D eigenvalue weighted by atomic mass is 10.2. The number of amides is 2. The number of thiocarbonyl (C=S) groups is 1. The van der Waals surface area contributed by atoms with Crippen LogP contribution in [0.15, 0.2) is 41.8 Å². The highest BCUT2D eigenvalue weighted by atomic mass is 32.1. The maximum absolute atomic E-state index is 12.2. The predicted molar refractivity (Wildman–Crippen MR) is 116 cm³/mol. The number of carbonyl (C=O) groups excluding carboxylic acids is 2. The first kappa shape index (κ1) is 21.8. The molecule has 28 heavy (non-hydrogen) atoms. The van der Waals surface area contributed by atoms with Crippen LogP contribution in [0, 0.1) is 0 Å². The van der Waals surface area contributed by atoms with Gasteiger partial charge in [-0.15, -0.1) is 11.3 Å². The van der Waals surface area contributed by atoms with Crippen LogP contribution in [-0.4, -0.2) is 23.5 Å². The molecule has 150 valence electrons. The van der Waals surface area contributed by atoms with E-state index in [9.17, 15) is 9.59 Å². The van der Waals surface area contributed by atoms with E-state index in [1.54, 1.807) is 41.8 Å². The normalized spacial score (nSPS) is 10.2. The molecule has 8 heteroatoms. The van der Waals surface area contributed by atoms with Gasteiger partial charge in [0.2, 0.25) is 0 Å². The SMILES string of the molecule is CCCCCCCOc1ccc(C(=O)NC(=S)NNC(=O)c2cccs2)cc1. The number of hydrogen-bond acceptors (Lipinski definition) is 5. The third kappa shape index (κ3) is 7.66. The Balaban J connectivity index is 1.70. The van der Waals surface area contributed by atoms with Crippen LogP contribution in [0.1, 0.15) is 59.1 Å². The Morgan fingerprint density at radius 2 is 1.75 bits per heavy atom. The van der Waals surface area contributed by atoms with Crippen molar-refractivity contribution in [1.82, 2.24) is 16.2 Å². The van der Waals surface area contributed by atoms with Crippen LogP contribution in [0.4, 0.5) is 0 Å². The standard InChI is InChI=1S/C20H25N3O3S2/c1-2-3-4-5-6-13-26-16-11-9-15(10-12-16)18(24)21-20(27)23-22-19(25)17-8-7-14-28-17/h7-12,14H,2-6,13H2,1H3,(H,22,25)(H2,21,23,24,27). The fourth-order valence-electron chi connectivity index (χ4n) is 2.39. The molecule has 0 atom stereocenters. The van der Waals surface area contributed by atoms with Gasteiger partial charge < -0.3 is 4.74 Å². The molecule has 3 N–H and O–H groups in total. The summed E-state index contributed by atoms with van der Waals surface area (Å²) in [4.78, 5) is 24.6. The summed E-state index contributed by atoms with van der Waals surface area (Å²) in [5, 5.41) is 4.33. The van der Waals surface area contributed by atoms with Crippen LogP contribution in [0.3, 0.4) is 0 Å². The average molecular weight is 420 g/mol. The Labute approximate surface area is 174 Å². The highest BCUT2D eigenvalue weighted by Crippen LogP contribution is 2.13. The number of unbranched alkanes of at least 4 members (excludes halogenated alkanes) is 4. The van der Waals surface area contributed by atoms with Gasteiger partial charge in [0.1, 0.15) is 5.75 Å². The second kappa shape index (κ2) is 12.1. The molecule has 1 aromatic carbocycles. The van der Waals surface area contributed by atoms with Crippen molar-refractivity contribution in [3.63, 3.8) is 0 Å². The van der Waals surface area contributed by atoms with Gasteiger partial charge in [0.25, 0.3) is 11.8 Å². The van der Waals surface area contributed by atoms with E-state index in [4.69, 9.17) is 17.0 Å². The summed E-state index contributed by atoms with van der Waals surface area (Å²) in [6.07, 6.45) is 5.92. The molecule has 2 rings (SSSR count). The molecule has 0 aliphatic heterocycles. The summed E-state index contributed by atoms with van der Waals surface area (Å²) >= 11 is 6.34. The number of hydrogen-bond donors (Lipinski definition) is 3. The third-order valence-electron chi connectivity index (χ3n) is 3.89. The predicted octanol–water partition coefficient (Wildman–Crippen LogP) is 4.05. The van der Waals surface area contributed by atoms with Crippen molar-refractivity contribution in [3.05, 3.63) is 52.2 Å². The van der Waals surface area contributed by atoms with Crippen molar-refractivity contribution in [3.8, 4) is 5.75 Å². The lowest BCUT2D eigenvalue weighted by Crippen LogP contribution is -2.48. The summed E-state index contributed by atoms with van der Waals surface area (Å²) in [5.74, 6) is 0.0488. The average Bonchev–Trinajstić information content (AvgIpc) is 3.24. The second-order valence-electron chi connectivity index (χ2n) is 6.13. The van der Waals surface area contributed by atoms with E-state index < -0.39 is 0 Å². The van der Waals surface area contributed by atoms with Crippen molar-refractivity contribution in [2.24, 2.45) is 0 Å². The van der Waals surface area contributed by atoms with Gasteiger partial charge in [0, 0.05) is 5.56 Å². The molecule has 1 heterocycles. The number of thiophene rings is 1. The molecule has 1 aromatic heterocycles. The summed E-state index contributed by atoms with van der Waals surface area (Å²) in [5.41, 5.74) is 5.40. The van der Waals surface area contributed by atoms with Gasteiger partial charge in [0.15, 0.2) is 5.11 Å². The molecule has 0 unspecified atom stereocenters. The first-order chi connectivity index (χ1) is 13.6. The highest BCUT2D eigenvalue weighted by Gasteiger charge is 2.10. The van der Waals surface area contributed by atoms with Gasteiger partial charge in [-0.25, -0.2) is 0 Å². The Morgan fingerprint density at radius 1 is 1.00 bits per heavy atom. The van der Waals surface area contributed by atoms with Crippen molar-refractivity contribution in [2.45, 2.75) is 39.0 Å². The smallest absolute Gasteiger partial charge is 0.279 e. The lowest BCUT2D eigenvalue weighted by molar-refractivity contribution is 0.0938. The molecular formula is C20H25N3O3S2. The van der Waals surface area contributed by atoms with E-state index in [-0.39, 0.29) is 16.9 Å².